The number of aromatic nitrogens is 1. The summed E-state index contributed by atoms with van der Waals surface area (Å²) in [5.74, 6) is -0.525. The van der Waals surface area contributed by atoms with Crippen molar-refractivity contribution in [1.29, 1.82) is 0 Å². The van der Waals surface area contributed by atoms with Gasteiger partial charge in [-0.1, -0.05) is 66.7 Å². The first-order chi connectivity index (χ1) is 15.2. The van der Waals surface area contributed by atoms with Gasteiger partial charge in [-0.05, 0) is 23.8 Å². The second-order valence-electron chi connectivity index (χ2n) is 7.09. The van der Waals surface area contributed by atoms with Crippen LogP contribution in [-0.2, 0) is 4.79 Å². The van der Waals surface area contributed by atoms with E-state index in [0.717, 1.165) is 22.0 Å². The number of carbonyl (C=O) groups is 2. The summed E-state index contributed by atoms with van der Waals surface area (Å²) in [6.07, 6.45) is 3.51. The quantitative estimate of drug-likeness (QED) is 0.315. The van der Waals surface area contributed by atoms with Crippen LogP contribution < -0.4 is 10.7 Å². The molecular formula is C25H22N4O2. The highest BCUT2D eigenvalue weighted by Gasteiger charge is 2.19. The Labute approximate surface area is 180 Å². The van der Waals surface area contributed by atoms with Crippen LogP contribution in [0.2, 0.25) is 0 Å². The molecule has 4 rings (SSSR count). The van der Waals surface area contributed by atoms with Crippen LogP contribution >= 0.6 is 0 Å². The molecule has 1 atom stereocenters. The number of carbonyl (C=O) groups excluding carboxylic acids is 2. The van der Waals surface area contributed by atoms with Crippen molar-refractivity contribution < 1.29 is 9.59 Å². The first kappa shape index (κ1) is 20.1. The van der Waals surface area contributed by atoms with E-state index in [1.165, 1.54) is 0 Å². The summed E-state index contributed by atoms with van der Waals surface area (Å²) in [5, 5.41) is 8.07. The van der Waals surface area contributed by atoms with Crippen molar-refractivity contribution in [2.24, 2.45) is 5.10 Å². The van der Waals surface area contributed by atoms with Gasteiger partial charge in [-0.2, -0.15) is 5.10 Å². The summed E-state index contributed by atoms with van der Waals surface area (Å²) in [7, 11) is 0. The maximum atomic E-state index is 12.6. The topological polar surface area (TPSA) is 86.3 Å². The van der Waals surface area contributed by atoms with E-state index in [2.05, 4.69) is 20.8 Å². The van der Waals surface area contributed by atoms with Crippen molar-refractivity contribution in [1.82, 2.24) is 15.7 Å². The molecule has 4 aromatic rings. The largest absolute Gasteiger partial charge is 0.361 e. The SMILES string of the molecule is O=C(C[C@@H](NC(=O)c1ccccc1)c1ccccc1)N/N=C\c1c[nH]c2ccccc12. The Morgan fingerprint density at radius 3 is 2.35 bits per heavy atom. The number of fused-ring (bicyclic) bond motifs is 1. The molecule has 0 bridgehead atoms. The Bertz CT molecular complexity index is 1200. The lowest BCUT2D eigenvalue weighted by Gasteiger charge is -2.18. The fourth-order valence-electron chi connectivity index (χ4n) is 3.37. The zero-order valence-electron chi connectivity index (χ0n) is 16.8. The lowest BCUT2D eigenvalue weighted by molar-refractivity contribution is -0.121. The Kier molecular flexibility index (Phi) is 6.18. The van der Waals surface area contributed by atoms with Crippen molar-refractivity contribution >= 4 is 28.9 Å². The van der Waals surface area contributed by atoms with Gasteiger partial charge in [0.15, 0.2) is 0 Å². The number of nitrogens with one attached hydrogen (secondary N) is 3. The van der Waals surface area contributed by atoms with Crippen LogP contribution in [0.3, 0.4) is 0 Å². The van der Waals surface area contributed by atoms with Gasteiger partial charge in [0.2, 0.25) is 5.91 Å². The molecule has 31 heavy (non-hydrogen) atoms. The van der Waals surface area contributed by atoms with Gasteiger partial charge in [0, 0.05) is 28.2 Å². The number of benzene rings is 3. The number of hydrogen-bond donors (Lipinski definition) is 3. The van der Waals surface area contributed by atoms with E-state index in [4.69, 9.17) is 0 Å². The molecule has 0 fully saturated rings. The van der Waals surface area contributed by atoms with Gasteiger partial charge < -0.3 is 10.3 Å². The molecular weight excluding hydrogens is 388 g/mol. The first-order valence-corrected chi connectivity index (χ1v) is 9.99. The first-order valence-electron chi connectivity index (χ1n) is 9.99. The standard InChI is InChI=1S/C25H22N4O2/c30-24(29-27-17-20-16-26-22-14-8-7-13-21(20)22)15-23(18-9-3-1-4-10-18)28-25(31)19-11-5-2-6-12-19/h1-14,16-17,23,26H,15H2,(H,28,31)(H,29,30)/b27-17-/t23-/m1/s1. The molecule has 2 amide bonds. The molecule has 0 saturated heterocycles. The molecule has 0 aliphatic rings. The summed E-state index contributed by atoms with van der Waals surface area (Å²) in [6, 6.07) is 25.8. The van der Waals surface area contributed by atoms with Crippen molar-refractivity contribution in [3.63, 3.8) is 0 Å². The molecule has 0 unspecified atom stereocenters. The zero-order valence-corrected chi connectivity index (χ0v) is 16.8. The summed E-state index contributed by atoms with van der Waals surface area (Å²) in [5.41, 5.74) is 5.84. The number of hydrazone groups is 1. The number of amides is 2. The minimum atomic E-state index is -0.475. The zero-order chi connectivity index (χ0) is 21.5. The highest BCUT2D eigenvalue weighted by molar-refractivity contribution is 5.99. The third-order valence-electron chi connectivity index (χ3n) is 4.95. The molecule has 3 N–H and O–H groups in total. The van der Waals surface area contributed by atoms with Crippen LogP contribution in [0.1, 0.15) is 33.9 Å². The van der Waals surface area contributed by atoms with Crippen molar-refractivity contribution in [3.05, 3.63) is 108 Å². The summed E-state index contributed by atoms with van der Waals surface area (Å²) in [4.78, 5) is 28.3. The summed E-state index contributed by atoms with van der Waals surface area (Å²) in [6.45, 7) is 0. The molecule has 0 spiro atoms. The lowest BCUT2D eigenvalue weighted by atomic mass is 10.0. The number of H-pyrrole nitrogens is 1. The molecule has 0 saturated carbocycles. The molecule has 0 aliphatic heterocycles. The monoisotopic (exact) mass is 410 g/mol. The Morgan fingerprint density at radius 2 is 1.58 bits per heavy atom. The number of para-hydroxylation sites is 1. The third kappa shape index (κ3) is 5.05. The lowest BCUT2D eigenvalue weighted by Crippen LogP contribution is -2.32. The molecule has 6 nitrogen and oxygen atoms in total. The normalized spacial score (nSPS) is 12.0. The Hall–Kier alpha value is -4.19. The van der Waals surface area contributed by atoms with Crippen molar-refractivity contribution in [2.75, 3.05) is 0 Å². The molecule has 1 aromatic heterocycles. The number of nitrogens with zero attached hydrogens (tertiary/aromatic N) is 1. The van der Waals surface area contributed by atoms with Gasteiger partial charge in [-0.15, -0.1) is 0 Å². The van der Waals surface area contributed by atoms with Gasteiger partial charge in [-0.25, -0.2) is 5.43 Å². The number of rotatable bonds is 7. The molecule has 6 heteroatoms. The smallest absolute Gasteiger partial charge is 0.251 e. The van der Waals surface area contributed by atoms with Gasteiger partial charge in [0.05, 0.1) is 18.7 Å². The van der Waals surface area contributed by atoms with Gasteiger partial charge >= 0.3 is 0 Å². The highest BCUT2D eigenvalue weighted by Crippen LogP contribution is 2.18. The number of aromatic amines is 1. The minimum absolute atomic E-state index is 0.0633. The molecule has 0 radical (unpaired) electrons. The average molecular weight is 410 g/mol. The van der Waals surface area contributed by atoms with Gasteiger partial charge in [0.25, 0.3) is 5.91 Å². The van der Waals surface area contributed by atoms with E-state index in [1.54, 1.807) is 30.5 Å². The Morgan fingerprint density at radius 1 is 0.903 bits per heavy atom. The maximum absolute atomic E-state index is 12.6. The van der Waals surface area contributed by atoms with Crippen LogP contribution in [0.15, 0.2) is 96.2 Å². The van der Waals surface area contributed by atoms with Crippen molar-refractivity contribution in [2.45, 2.75) is 12.5 Å². The summed E-state index contributed by atoms with van der Waals surface area (Å²) >= 11 is 0. The Balaban J connectivity index is 1.43. The highest BCUT2D eigenvalue weighted by atomic mass is 16.2. The van der Waals surface area contributed by atoms with Crippen molar-refractivity contribution in [3.8, 4) is 0 Å². The summed E-state index contributed by atoms with van der Waals surface area (Å²) < 4.78 is 0. The molecule has 3 aromatic carbocycles. The van der Waals surface area contributed by atoms with Crippen LogP contribution in [0.25, 0.3) is 10.9 Å². The molecule has 154 valence electrons. The third-order valence-corrected chi connectivity index (χ3v) is 4.95. The predicted molar refractivity (Wildman–Crippen MR) is 122 cm³/mol. The van der Waals surface area contributed by atoms with E-state index < -0.39 is 6.04 Å². The minimum Gasteiger partial charge on any atom is -0.361 e. The molecule has 0 aliphatic carbocycles. The van der Waals surface area contributed by atoms with Gasteiger partial charge in [-0.3, -0.25) is 9.59 Å². The second kappa shape index (κ2) is 9.54. The number of hydrogen-bond acceptors (Lipinski definition) is 3. The van der Waals surface area contributed by atoms with Crippen LogP contribution in [-0.4, -0.2) is 23.0 Å². The van der Waals surface area contributed by atoms with E-state index >= 15 is 0 Å². The van der Waals surface area contributed by atoms with Crippen LogP contribution in [0.5, 0.6) is 0 Å². The van der Waals surface area contributed by atoms with Gasteiger partial charge in [0.1, 0.15) is 0 Å². The fraction of sp³-hybridized carbons (Fsp3) is 0.0800. The van der Waals surface area contributed by atoms with E-state index in [0.29, 0.717) is 5.56 Å². The fourth-order valence-corrected chi connectivity index (χ4v) is 3.37. The average Bonchev–Trinajstić information content (AvgIpc) is 3.23. The van der Waals surface area contributed by atoms with Crippen LogP contribution in [0.4, 0.5) is 0 Å². The predicted octanol–water partition coefficient (Wildman–Crippen LogP) is 4.18. The van der Waals surface area contributed by atoms with E-state index in [-0.39, 0.29) is 18.2 Å². The van der Waals surface area contributed by atoms with Crippen LogP contribution in [0, 0.1) is 0 Å². The maximum Gasteiger partial charge on any atom is 0.251 e. The van der Waals surface area contributed by atoms with E-state index in [9.17, 15) is 9.59 Å². The second-order valence-corrected chi connectivity index (χ2v) is 7.09. The van der Waals surface area contributed by atoms with E-state index in [1.807, 2.05) is 66.9 Å². The molecule has 1 heterocycles.